The van der Waals surface area contributed by atoms with Gasteiger partial charge in [0.25, 0.3) is 5.91 Å². The van der Waals surface area contributed by atoms with Gasteiger partial charge in [-0.15, -0.1) is 0 Å². The molecule has 1 aliphatic heterocycles. The molecule has 9 nitrogen and oxygen atoms in total. The number of aliphatic carboxylic acids is 2. The summed E-state index contributed by atoms with van der Waals surface area (Å²) in [7, 11) is 5.81. The number of ether oxygens (including phenoxy) is 1. The van der Waals surface area contributed by atoms with Crippen molar-refractivity contribution in [2.24, 2.45) is 0 Å². The third kappa shape index (κ3) is 7.53. The first-order valence-corrected chi connectivity index (χ1v) is 8.77. The molecule has 0 fully saturated rings. The highest BCUT2D eigenvalue weighted by Crippen LogP contribution is 2.27. The molecule has 154 valence electrons. The Labute approximate surface area is 168 Å². The van der Waals surface area contributed by atoms with Crippen molar-refractivity contribution < 1.29 is 29.3 Å². The number of carboxylic acid groups (broad SMARTS) is 2. The molecule has 0 aliphatic carbocycles. The van der Waals surface area contributed by atoms with Gasteiger partial charge in [0.15, 0.2) is 0 Å². The maximum Gasteiger partial charge on any atom is 0.328 e. The van der Waals surface area contributed by atoms with Gasteiger partial charge in [0.05, 0.1) is 17.3 Å². The van der Waals surface area contributed by atoms with Crippen molar-refractivity contribution in [1.29, 1.82) is 0 Å². The highest BCUT2D eigenvalue weighted by Gasteiger charge is 2.28. The van der Waals surface area contributed by atoms with Crippen LogP contribution in [0.25, 0.3) is 0 Å². The number of aromatic nitrogens is 1. The Morgan fingerprint density at radius 1 is 1.36 bits per heavy atom. The molecule has 1 amide bonds. The van der Waals surface area contributed by atoms with E-state index in [4.69, 9.17) is 26.6 Å². The number of carboxylic acids is 2. The summed E-state index contributed by atoms with van der Waals surface area (Å²) in [6.45, 7) is 3.26. The number of amides is 1. The zero-order chi connectivity index (χ0) is 21.4. The van der Waals surface area contributed by atoms with Gasteiger partial charge in [0, 0.05) is 25.7 Å². The molecule has 0 spiro atoms. The third-order valence-corrected chi connectivity index (χ3v) is 4.10. The van der Waals surface area contributed by atoms with Gasteiger partial charge in [-0.25, -0.2) is 14.6 Å². The SMILES string of the molecule is Cc1nc2c(cc1Cl)C(=O)N(C)CC(CCN(C)C)O2.O=C(O)/C=C/C(=O)O. The molecule has 2 heterocycles. The van der Waals surface area contributed by atoms with Crippen molar-refractivity contribution in [1.82, 2.24) is 14.8 Å². The molecule has 1 aromatic rings. The predicted octanol–water partition coefficient (Wildman–Crippen LogP) is 1.54. The molecule has 1 atom stereocenters. The van der Waals surface area contributed by atoms with E-state index in [0.717, 1.165) is 13.0 Å². The minimum atomic E-state index is -1.26. The number of carbonyl (C=O) groups is 3. The molecule has 1 aromatic heterocycles. The van der Waals surface area contributed by atoms with Crippen LogP contribution in [-0.2, 0) is 9.59 Å². The van der Waals surface area contributed by atoms with Crippen molar-refractivity contribution in [2.75, 3.05) is 34.2 Å². The van der Waals surface area contributed by atoms with Crippen LogP contribution in [0.2, 0.25) is 5.02 Å². The molecule has 0 bridgehead atoms. The van der Waals surface area contributed by atoms with Crippen LogP contribution in [0.3, 0.4) is 0 Å². The van der Waals surface area contributed by atoms with Gasteiger partial charge in [-0.05, 0) is 33.5 Å². The van der Waals surface area contributed by atoms with Crippen LogP contribution in [0.1, 0.15) is 22.5 Å². The molecule has 0 saturated heterocycles. The van der Waals surface area contributed by atoms with Gasteiger partial charge in [-0.3, -0.25) is 4.79 Å². The van der Waals surface area contributed by atoms with Crippen molar-refractivity contribution in [3.63, 3.8) is 0 Å². The molecule has 0 aromatic carbocycles. The lowest BCUT2D eigenvalue weighted by atomic mass is 10.2. The van der Waals surface area contributed by atoms with E-state index in [-0.39, 0.29) is 12.0 Å². The fourth-order valence-electron chi connectivity index (χ4n) is 2.29. The number of aryl methyl sites for hydroxylation is 1. The number of hydrogen-bond acceptors (Lipinski definition) is 6. The van der Waals surface area contributed by atoms with Gasteiger partial charge in [0.1, 0.15) is 11.7 Å². The summed E-state index contributed by atoms with van der Waals surface area (Å²) in [6, 6.07) is 1.65. The molecule has 1 unspecified atom stereocenters. The molecule has 0 radical (unpaired) electrons. The van der Waals surface area contributed by atoms with Crippen molar-refractivity contribution in [2.45, 2.75) is 19.4 Å². The first-order chi connectivity index (χ1) is 13.0. The van der Waals surface area contributed by atoms with E-state index in [2.05, 4.69) is 9.88 Å². The molecular formula is C18H24ClN3O6. The first-order valence-electron chi connectivity index (χ1n) is 8.39. The summed E-state index contributed by atoms with van der Waals surface area (Å²) >= 11 is 6.06. The average molecular weight is 414 g/mol. The number of pyridine rings is 1. The Hall–Kier alpha value is -2.65. The molecular weight excluding hydrogens is 390 g/mol. The Bertz CT molecular complexity index is 750. The largest absolute Gasteiger partial charge is 0.478 e. The summed E-state index contributed by atoms with van der Waals surface area (Å²) in [4.78, 5) is 39.5. The number of carbonyl (C=O) groups excluding carboxylic acids is 1. The zero-order valence-electron chi connectivity index (χ0n) is 16.2. The normalized spacial score (nSPS) is 16.1. The summed E-state index contributed by atoms with van der Waals surface area (Å²) in [6.07, 6.45) is 1.90. The minimum absolute atomic E-state index is 0.0549. The van der Waals surface area contributed by atoms with Gasteiger partial charge in [-0.2, -0.15) is 0 Å². The van der Waals surface area contributed by atoms with Crippen LogP contribution >= 0.6 is 11.6 Å². The summed E-state index contributed by atoms with van der Waals surface area (Å²) in [5.41, 5.74) is 1.12. The number of fused-ring (bicyclic) bond motifs is 1. The molecule has 1 aliphatic rings. The predicted molar refractivity (Wildman–Crippen MR) is 103 cm³/mol. The van der Waals surface area contributed by atoms with E-state index in [1.54, 1.807) is 24.9 Å². The van der Waals surface area contributed by atoms with Crippen molar-refractivity contribution in [3.8, 4) is 5.88 Å². The Kier molecular flexibility index (Phi) is 8.87. The van der Waals surface area contributed by atoms with E-state index in [1.165, 1.54) is 0 Å². The Balaban J connectivity index is 0.000000416. The van der Waals surface area contributed by atoms with Crippen molar-refractivity contribution in [3.05, 3.63) is 34.5 Å². The van der Waals surface area contributed by atoms with Crippen LogP contribution in [0, 0.1) is 6.92 Å². The maximum atomic E-state index is 12.3. The number of hydrogen-bond donors (Lipinski definition) is 2. The van der Waals surface area contributed by atoms with E-state index in [9.17, 15) is 14.4 Å². The van der Waals surface area contributed by atoms with Crippen LogP contribution in [0.15, 0.2) is 18.2 Å². The minimum Gasteiger partial charge on any atom is -0.478 e. The molecule has 10 heteroatoms. The fourth-order valence-corrected chi connectivity index (χ4v) is 2.44. The number of likely N-dealkylation sites (N-methyl/N-ethyl adjacent to an activating group) is 1. The standard InChI is InChI=1S/C14H20ClN3O2.C4H4O4/c1-9-12(15)7-11-13(16-9)20-10(5-6-17(2)3)8-18(4)14(11)19;5-3(6)1-2-4(7)8/h7,10H,5-6,8H2,1-4H3;1-2H,(H,5,6)(H,7,8)/b;2-1+. The Morgan fingerprint density at radius 3 is 2.43 bits per heavy atom. The highest BCUT2D eigenvalue weighted by molar-refractivity contribution is 6.31. The van der Waals surface area contributed by atoms with Crippen molar-refractivity contribution >= 4 is 29.4 Å². The second-order valence-corrected chi connectivity index (χ2v) is 6.84. The lowest BCUT2D eigenvalue weighted by molar-refractivity contribution is -0.134. The molecule has 28 heavy (non-hydrogen) atoms. The van der Waals surface area contributed by atoms with Crippen LogP contribution in [-0.4, -0.2) is 83.2 Å². The molecule has 2 N–H and O–H groups in total. The van der Waals surface area contributed by atoms with E-state index in [0.29, 0.717) is 40.9 Å². The fraction of sp³-hybridized carbons (Fsp3) is 0.444. The second-order valence-electron chi connectivity index (χ2n) is 6.44. The topological polar surface area (TPSA) is 120 Å². The first kappa shape index (κ1) is 23.4. The zero-order valence-corrected chi connectivity index (χ0v) is 16.9. The molecule has 0 saturated carbocycles. The maximum absolute atomic E-state index is 12.3. The second kappa shape index (κ2) is 10.6. The lowest BCUT2D eigenvalue weighted by Gasteiger charge is -2.21. The van der Waals surface area contributed by atoms with Crippen LogP contribution < -0.4 is 4.74 Å². The van der Waals surface area contributed by atoms with Crippen LogP contribution in [0.5, 0.6) is 5.88 Å². The van der Waals surface area contributed by atoms with Gasteiger partial charge >= 0.3 is 11.9 Å². The average Bonchev–Trinajstić information content (AvgIpc) is 2.70. The number of rotatable bonds is 5. The van der Waals surface area contributed by atoms with E-state index >= 15 is 0 Å². The van der Waals surface area contributed by atoms with Gasteiger partial charge < -0.3 is 24.7 Å². The Morgan fingerprint density at radius 2 is 1.93 bits per heavy atom. The number of nitrogens with zero attached hydrogens (tertiary/aromatic N) is 3. The van der Waals surface area contributed by atoms with Crippen LogP contribution in [0.4, 0.5) is 0 Å². The summed E-state index contributed by atoms with van der Waals surface area (Å²) < 4.78 is 5.93. The summed E-state index contributed by atoms with van der Waals surface area (Å²) in [5, 5.41) is 16.1. The third-order valence-electron chi connectivity index (χ3n) is 3.72. The smallest absolute Gasteiger partial charge is 0.328 e. The lowest BCUT2D eigenvalue weighted by Crippen LogP contribution is -2.35. The monoisotopic (exact) mass is 413 g/mol. The molecule has 2 rings (SSSR count). The van der Waals surface area contributed by atoms with Gasteiger partial charge in [-0.1, -0.05) is 11.6 Å². The summed E-state index contributed by atoms with van der Waals surface area (Å²) in [5.74, 6) is -2.22. The van der Waals surface area contributed by atoms with E-state index < -0.39 is 11.9 Å². The quantitative estimate of drug-likeness (QED) is 0.697. The van der Waals surface area contributed by atoms with Gasteiger partial charge in [0.2, 0.25) is 5.88 Å². The number of halogens is 1. The van der Waals surface area contributed by atoms with E-state index in [1.807, 2.05) is 14.1 Å². The highest BCUT2D eigenvalue weighted by atomic mass is 35.5.